The number of esters is 2. The number of carbonyl (C=O) groups excluding carboxylic acids is 8. The number of aliphatic carboxylic acids is 1. The molecule has 0 bridgehead atoms. The van der Waals surface area contributed by atoms with Crippen molar-refractivity contribution in [3.63, 3.8) is 0 Å². The van der Waals surface area contributed by atoms with E-state index in [9.17, 15) is 83.4 Å². The van der Waals surface area contributed by atoms with Gasteiger partial charge in [-0.1, -0.05) is 23.9 Å². The molecule has 1 saturated heterocycles. The molecule has 1 aliphatic rings. The molecule has 30 nitrogen and oxygen atoms in total. The van der Waals surface area contributed by atoms with Crippen LogP contribution in [0.15, 0.2) is 77.5 Å². The van der Waals surface area contributed by atoms with E-state index < -0.39 is 160 Å². The highest BCUT2D eigenvalue weighted by atomic mass is 32.2. The summed E-state index contributed by atoms with van der Waals surface area (Å²) >= 11 is 0.732. The van der Waals surface area contributed by atoms with Gasteiger partial charge in [0, 0.05) is 14.2 Å². The maximum atomic E-state index is 14.1. The van der Waals surface area contributed by atoms with Crippen LogP contribution in [-0.4, -0.2) is 179 Å². The van der Waals surface area contributed by atoms with Gasteiger partial charge in [0.05, 0.1) is 23.8 Å². The molecule has 3 aromatic rings. The Hall–Kier alpha value is -8.98. The van der Waals surface area contributed by atoms with E-state index in [-0.39, 0.29) is 34.2 Å². The molecule has 15 N–H and O–H groups in total. The molecule has 0 aliphatic carbocycles. The topological polar surface area (TPSA) is 466 Å². The fraction of sp³-hybridized carbons (Fsp3) is 0.326. The van der Waals surface area contributed by atoms with Crippen molar-refractivity contribution < 1.29 is 112 Å². The number of aromatic hydroxyl groups is 4. The Bertz CT molecular complexity index is 2900. The largest absolute Gasteiger partial charge is 0.505 e. The molecule has 1 aliphatic heterocycles. The number of nitrogens with one attached hydrogen (secondary N) is 4. The molecule has 5 amide bonds. The number of thiazole rings is 1. The Morgan fingerprint density at radius 3 is 2.08 bits per heavy atom. The molecular formula is C46H55N8O22S2+. The molecule has 0 spiro atoms. The van der Waals surface area contributed by atoms with Crippen LogP contribution in [0.1, 0.15) is 53.3 Å². The Balaban J connectivity index is 0.00000790. The number of anilines is 1. The molecule has 78 heavy (non-hydrogen) atoms. The molecule has 4 rings (SSSR count). The second-order valence-corrected chi connectivity index (χ2v) is 17.9. The van der Waals surface area contributed by atoms with Crippen molar-refractivity contribution in [2.45, 2.75) is 63.5 Å². The Morgan fingerprint density at radius 2 is 1.51 bits per heavy atom. The minimum Gasteiger partial charge on any atom is -0.505 e. The molecule has 3 unspecified atom stereocenters. The third-order valence-corrected chi connectivity index (χ3v) is 12.1. The lowest BCUT2D eigenvalue weighted by atomic mass is 10.0. The highest BCUT2D eigenvalue weighted by Crippen LogP contribution is 2.34. The number of aliphatic hydroxyl groups is 3. The molecule has 2 heterocycles. The van der Waals surface area contributed by atoms with Crippen molar-refractivity contribution in [3.05, 3.63) is 88.4 Å². The third kappa shape index (κ3) is 15.3. The van der Waals surface area contributed by atoms with Crippen LogP contribution in [0.4, 0.5) is 5.13 Å². The van der Waals surface area contributed by atoms with Crippen LogP contribution in [0.2, 0.25) is 0 Å². The number of amides is 5. The summed E-state index contributed by atoms with van der Waals surface area (Å²) in [5, 5.41) is 90.7. The number of carboxylic acids is 1. The van der Waals surface area contributed by atoms with Gasteiger partial charge in [-0.3, -0.25) is 34.0 Å². The number of ether oxygens (including phenoxy) is 3. The molecule has 422 valence electrons. The zero-order valence-electron chi connectivity index (χ0n) is 42.0. The number of methoxy groups -OCH3 is 1. The van der Waals surface area contributed by atoms with Crippen molar-refractivity contribution in [2.24, 2.45) is 5.16 Å². The molecule has 5 atom stereocenters. The maximum absolute atomic E-state index is 14.1. The quantitative estimate of drug-likeness (QED) is 0.00403. The molecule has 32 heteroatoms. The number of nitrogen functional groups attached to an aromatic ring is 1. The zero-order valence-corrected chi connectivity index (χ0v) is 43.6. The molecule has 1 aromatic heterocycles. The number of nitrogens with two attached hydrogens (primary N) is 1. The average Bonchev–Trinajstić information content (AvgIpc) is 3.82. The minimum absolute atomic E-state index is 0.123. The van der Waals surface area contributed by atoms with Gasteiger partial charge in [0.1, 0.15) is 66.1 Å². The van der Waals surface area contributed by atoms with Crippen molar-refractivity contribution in [2.75, 3.05) is 39.8 Å². The predicted octanol–water partition coefficient (Wildman–Crippen LogP) is -0.768. The summed E-state index contributed by atoms with van der Waals surface area (Å²) in [6, 6.07) is -2.19. The van der Waals surface area contributed by atoms with Crippen molar-refractivity contribution in [1.82, 2.24) is 25.6 Å². The molecule has 0 radical (unpaired) electrons. The van der Waals surface area contributed by atoms with Gasteiger partial charge in [0.15, 0.2) is 52.3 Å². The van der Waals surface area contributed by atoms with Gasteiger partial charge < -0.3 is 90.5 Å². The lowest BCUT2D eigenvalue weighted by molar-refractivity contribution is -0.575. The Morgan fingerprint density at radius 1 is 0.910 bits per heavy atom. The number of β-lactam (4-membered cyclic amide) rings is 1. The van der Waals surface area contributed by atoms with Crippen LogP contribution in [0, 0.1) is 0 Å². The first-order valence-corrected chi connectivity index (χ1v) is 23.7. The smallest absolute Gasteiger partial charge is 0.350 e. The van der Waals surface area contributed by atoms with E-state index in [0.717, 1.165) is 79.5 Å². The number of nitrogens with zero attached hydrogens (tertiary/aromatic N) is 3. The monoisotopic (exact) mass is 1140 g/mol. The Labute approximate surface area is 450 Å². The van der Waals surface area contributed by atoms with Gasteiger partial charge in [0.25, 0.3) is 29.5 Å². The number of aliphatic hydroxyl groups excluding tert-OH is 3. The van der Waals surface area contributed by atoms with E-state index in [2.05, 4.69) is 33.0 Å². The number of carboxylic acid groups (broad SMARTS) is 1. The van der Waals surface area contributed by atoms with E-state index in [4.69, 9.17) is 29.9 Å². The van der Waals surface area contributed by atoms with Crippen LogP contribution in [0.5, 0.6) is 23.0 Å². The van der Waals surface area contributed by atoms with E-state index in [1.165, 1.54) is 19.9 Å². The number of oxime groups is 1. The summed E-state index contributed by atoms with van der Waals surface area (Å²) in [5.74, 6) is -15.3. The highest BCUT2D eigenvalue weighted by molar-refractivity contribution is 7.92. The van der Waals surface area contributed by atoms with E-state index >= 15 is 0 Å². The Kier molecular flexibility index (Phi) is 22.9. The lowest BCUT2D eigenvalue weighted by Crippen LogP contribution is -2.67. The molecule has 1 fully saturated rings. The van der Waals surface area contributed by atoms with Crippen LogP contribution in [0.3, 0.4) is 0 Å². The molecule has 2 aromatic carbocycles. The summed E-state index contributed by atoms with van der Waals surface area (Å²) in [4.78, 5) is 123. The average molecular weight is 1140 g/mol. The second-order valence-electron chi connectivity index (χ2n) is 16.3. The first-order valence-electron chi connectivity index (χ1n) is 22.2. The van der Waals surface area contributed by atoms with Gasteiger partial charge >= 0.3 is 23.0 Å². The maximum Gasteiger partial charge on any atom is 0.350 e. The summed E-state index contributed by atoms with van der Waals surface area (Å²) in [6.45, 7) is 5.52. The van der Waals surface area contributed by atoms with Gasteiger partial charge in [-0.2, -0.15) is 4.57 Å². The number of para-hydroxylation sites is 1. The van der Waals surface area contributed by atoms with Gasteiger partial charge in [-0.05, 0) is 69.4 Å². The zero-order chi connectivity index (χ0) is 58.9. The number of benzene rings is 2. The van der Waals surface area contributed by atoms with Gasteiger partial charge in [0.2, 0.25) is 5.60 Å². The van der Waals surface area contributed by atoms with E-state index in [1.54, 1.807) is 0 Å². The number of aromatic nitrogens is 1. The fourth-order valence-corrected chi connectivity index (χ4v) is 7.65. The molecular weight excluding hydrogens is 1080 g/mol. The van der Waals surface area contributed by atoms with Gasteiger partial charge in [-0.25, -0.2) is 14.4 Å². The van der Waals surface area contributed by atoms with Crippen LogP contribution in [0.25, 0.3) is 5.69 Å². The third-order valence-electron chi connectivity index (χ3n) is 10.5. The number of hydrogen-bond donors (Lipinski definition) is 14. The second kappa shape index (κ2) is 28.2. The van der Waals surface area contributed by atoms with E-state index in [0.29, 0.717) is 11.3 Å². The fourth-order valence-electron chi connectivity index (χ4n) is 6.33. The number of phenols is 4. The highest BCUT2D eigenvalue weighted by Gasteiger charge is 2.47. The number of aldehydes is 1. The number of rotatable bonds is 25. The van der Waals surface area contributed by atoms with E-state index in [1.807, 2.05) is 0 Å². The SMILES string of the molecule is C=C(O)/C(O)=C(\C=C/C)C(=O)NC(C=O)COC(=O)C(COC(=O)C(COC)NC(=O)c1c(-[n+]2cc(/C(=N/OC(C)(C)C(=O)O)C(=O)N[C@@H]3C(=O)N(SO)[C@H]3C)sc2N)ccc(O)c1O)NC(=O)c1cccc(O)c1O.CO. The summed E-state index contributed by atoms with van der Waals surface area (Å²) in [5.41, 5.74) is 1.45. The number of hydrogen-bond acceptors (Lipinski definition) is 25. The van der Waals surface area contributed by atoms with Crippen LogP contribution >= 0.6 is 23.6 Å². The van der Waals surface area contributed by atoms with Crippen LogP contribution in [-0.2, 0) is 52.6 Å². The van der Waals surface area contributed by atoms with Crippen molar-refractivity contribution in [3.8, 4) is 28.7 Å². The first kappa shape index (κ1) is 63.3. The normalized spacial score (nSPS) is 15.6. The van der Waals surface area contributed by atoms with Crippen molar-refractivity contribution in [1.29, 1.82) is 0 Å². The number of allylic oxidation sites excluding steroid dienone is 1. The predicted molar refractivity (Wildman–Crippen MR) is 270 cm³/mol. The summed E-state index contributed by atoms with van der Waals surface area (Å²) in [7, 11) is 2.09. The number of carbonyl (C=O) groups is 9. The lowest BCUT2D eigenvalue weighted by Gasteiger charge is -2.42. The molecule has 0 saturated carbocycles. The van der Waals surface area contributed by atoms with Gasteiger partial charge in [-0.15, -0.1) is 0 Å². The summed E-state index contributed by atoms with van der Waals surface area (Å²) < 4.78 is 26.9. The summed E-state index contributed by atoms with van der Waals surface area (Å²) in [6.07, 6.45) is 3.58. The first-order chi connectivity index (χ1) is 36.7. The van der Waals surface area contributed by atoms with Crippen molar-refractivity contribution >= 4 is 88.1 Å². The standard InChI is InChI=1S/C45H50N8O21S2.CH4O/c1-7-9-22(33(58)20(3)55)36(61)47-21(15-54)16-72-42(67)25(48-37(62)23-10-8-11-27(56)34(23)59)18-73-41(66)24(17-71-6)49-38(63)30-26(12-13-28(57)35(30)60)52-14-29(75-44(52)46)32(51-74-45(4,5)43(68)69)39(64)50-31-19(2)53(76-70)40(31)65;1-2/h7-15,19,21,24-25,31,46H,3,16-18H2,1-2,4-6H3,(H12,47,48,49,50,51,55,56,57,58,59,60,61,62,63,64,68,69,70);2H,1H3/p+1/b9-7-;/t19-,21?,24?,25?,31-;/m0./s1. The minimum atomic E-state index is -2.03. The van der Waals surface area contributed by atoms with Crippen LogP contribution < -0.4 is 31.6 Å². The number of phenolic OH excluding ortho intramolecular Hbond substituents is 4.